The average Bonchev–Trinajstić information content (AvgIpc) is 2.70. The minimum absolute atomic E-state index is 0.0319. The molecule has 0 aliphatic rings. The van der Waals surface area contributed by atoms with Crippen molar-refractivity contribution in [1.29, 1.82) is 0 Å². The Hall–Kier alpha value is -3.22. The standard InChI is InChI=1S/C20H24N2O5/c1-5-13-7-6-8-14(9-13)22-19(23)12-21-16-11-18(26-3)17(25-2)10-15(16)20(24)27-4/h6-11,21H,5,12H2,1-4H3,(H,22,23). The summed E-state index contributed by atoms with van der Waals surface area (Å²) in [5.74, 6) is 0.0383. The second-order valence-corrected chi connectivity index (χ2v) is 5.70. The van der Waals surface area contributed by atoms with Crippen molar-refractivity contribution in [3.8, 4) is 11.5 Å². The number of carbonyl (C=O) groups excluding carboxylic acids is 2. The molecule has 2 N–H and O–H groups in total. The molecule has 27 heavy (non-hydrogen) atoms. The van der Waals surface area contributed by atoms with Gasteiger partial charge >= 0.3 is 5.97 Å². The third kappa shape index (κ3) is 5.13. The van der Waals surface area contributed by atoms with E-state index in [4.69, 9.17) is 14.2 Å². The Bertz CT molecular complexity index is 820. The molecule has 0 bridgehead atoms. The van der Waals surface area contributed by atoms with Crippen LogP contribution in [0.25, 0.3) is 0 Å². The molecule has 0 atom stereocenters. The predicted molar refractivity (Wildman–Crippen MR) is 104 cm³/mol. The van der Waals surface area contributed by atoms with E-state index in [1.165, 1.54) is 27.4 Å². The molecule has 2 rings (SSSR count). The molecule has 0 heterocycles. The Balaban J connectivity index is 2.15. The number of rotatable bonds is 8. The van der Waals surface area contributed by atoms with Gasteiger partial charge in [-0.25, -0.2) is 4.79 Å². The number of carbonyl (C=O) groups is 2. The quantitative estimate of drug-likeness (QED) is 0.693. The molecular weight excluding hydrogens is 348 g/mol. The number of esters is 1. The van der Waals surface area contributed by atoms with Crippen LogP contribution in [-0.4, -0.2) is 39.8 Å². The number of aryl methyl sites for hydroxylation is 1. The first-order chi connectivity index (χ1) is 13.0. The Labute approximate surface area is 158 Å². The summed E-state index contributed by atoms with van der Waals surface area (Å²) in [6.07, 6.45) is 0.885. The van der Waals surface area contributed by atoms with Crippen molar-refractivity contribution in [1.82, 2.24) is 0 Å². The maximum atomic E-state index is 12.3. The van der Waals surface area contributed by atoms with Gasteiger partial charge in [0.2, 0.25) is 5.91 Å². The summed E-state index contributed by atoms with van der Waals surface area (Å²) >= 11 is 0. The Morgan fingerprint density at radius 1 is 1.00 bits per heavy atom. The minimum atomic E-state index is -0.547. The lowest BCUT2D eigenvalue weighted by molar-refractivity contribution is -0.114. The molecule has 2 aromatic carbocycles. The van der Waals surface area contributed by atoms with Gasteiger partial charge in [0, 0.05) is 17.8 Å². The summed E-state index contributed by atoms with van der Waals surface area (Å²) in [7, 11) is 4.26. The third-order valence-electron chi connectivity index (χ3n) is 3.99. The maximum absolute atomic E-state index is 12.3. The molecule has 0 unspecified atom stereocenters. The molecule has 0 radical (unpaired) electrons. The molecule has 0 spiro atoms. The highest BCUT2D eigenvalue weighted by molar-refractivity contribution is 5.99. The fourth-order valence-corrected chi connectivity index (χ4v) is 2.55. The van der Waals surface area contributed by atoms with E-state index in [1.54, 1.807) is 6.07 Å². The molecule has 7 heteroatoms. The smallest absolute Gasteiger partial charge is 0.340 e. The van der Waals surface area contributed by atoms with Crippen LogP contribution in [0.3, 0.4) is 0 Å². The van der Waals surface area contributed by atoms with Crippen LogP contribution in [0.5, 0.6) is 11.5 Å². The Morgan fingerprint density at radius 2 is 1.70 bits per heavy atom. The van der Waals surface area contributed by atoms with Gasteiger partial charge in [0.05, 0.1) is 39.1 Å². The van der Waals surface area contributed by atoms with Crippen molar-refractivity contribution in [2.75, 3.05) is 38.5 Å². The summed E-state index contributed by atoms with van der Waals surface area (Å²) in [4.78, 5) is 24.3. The molecule has 7 nitrogen and oxygen atoms in total. The van der Waals surface area contributed by atoms with Crippen molar-refractivity contribution >= 4 is 23.3 Å². The van der Waals surface area contributed by atoms with Gasteiger partial charge in [-0.05, 0) is 24.1 Å². The Kier molecular flexibility index (Phi) is 7.05. The fraction of sp³-hybridized carbons (Fsp3) is 0.300. The monoisotopic (exact) mass is 372 g/mol. The number of hydrogen-bond acceptors (Lipinski definition) is 6. The first-order valence-electron chi connectivity index (χ1n) is 8.49. The topological polar surface area (TPSA) is 85.9 Å². The molecule has 1 amide bonds. The normalized spacial score (nSPS) is 10.1. The second-order valence-electron chi connectivity index (χ2n) is 5.70. The third-order valence-corrected chi connectivity index (χ3v) is 3.99. The van der Waals surface area contributed by atoms with Gasteiger partial charge in [0.1, 0.15) is 0 Å². The van der Waals surface area contributed by atoms with E-state index in [0.717, 1.165) is 17.7 Å². The van der Waals surface area contributed by atoms with E-state index in [-0.39, 0.29) is 18.0 Å². The van der Waals surface area contributed by atoms with Crippen LogP contribution < -0.4 is 20.1 Å². The van der Waals surface area contributed by atoms with Gasteiger partial charge in [-0.3, -0.25) is 4.79 Å². The number of benzene rings is 2. The lowest BCUT2D eigenvalue weighted by atomic mass is 10.1. The summed E-state index contributed by atoms with van der Waals surface area (Å²) in [5, 5.41) is 5.78. The van der Waals surface area contributed by atoms with Crippen LogP contribution in [-0.2, 0) is 16.0 Å². The molecule has 0 saturated carbocycles. The zero-order valence-electron chi connectivity index (χ0n) is 15.9. The summed E-state index contributed by atoms with van der Waals surface area (Å²) in [6, 6.07) is 10.7. The molecule has 0 aliphatic carbocycles. The van der Waals surface area contributed by atoms with Gasteiger partial charge in [0.15, 0.2) is 11.5 Å². The highest BCUT2D eigenvalue weighted by Gasteiger charge is 2.18. The van der Waals surface area contributed by atoms with Gasteiger partial charge in [-0.2, -0.15) is 0 Å². The fourth-order valence-electron chi connectivity index (χ4n) is 2.55. The van der Waals surface area contributed by atoms with Crippen molar-refractivity contribution in [3.05, 3.63) is 47.5 Å². The van der Waals surface area contributed by atoms with Gasteiger partial charge in [0.25, 0.3) is 0 Å². The van der Waals surface area contributed by atoms with Crippen LogP contribution in [0.2, 0.25) is 0 Å². The van der Waals surface area contributed by atoms with Gasteiger partial charge in [-0.1, -0.05) is 19.1 Å². The van der Waals surface area contributed by atoms with E-state index >= 15 is 0 Å². The maximum Gasteiger partial charge on any atom is 0.340 e. The summed E-state index contributed by atoms with van der Waals surface area (Å²) < 4.78 is 15.3. The molecule has 0 fully saturated rings. The van der Waals surface area contributed by atoms with Crippen molar-refractivity contribution in [3.63, 3.8) is 0 Å². The van der Waals surface area contributed by atoms with Crippen LogP contribution in [0, 0.1) is 0 Å². The number of nitrogens with one attached hydrogen (secondary N) is 2. The van der Waals surface area contributed by atoms with Gasteiger partial charge < -0.3 is 24.8 Å². The second kappa shape index (κ2) is 9.47. The van der Waals surface area contributed by atoms with Crippen LogP contribution in [0.1, 0.15) is 22.8 Å². The first kappa shape index (κ1) is 20.1. The van der Waals surface area contributed by atoms with Crippen molar-refractivity contribution in [2.24, 2.45) is 0 Å². The molecular formula is C20H24N2O5. The number of ether oxygens (including phenoxy) is 3. The molecule has 0 aliphatic heterocycles. The van der Waals surface area contributed by atoms with E-state index in [0.29, 0.717) is 17.2 Å². The number of amides is 1. The highest BCUT2D eigenvalue weighted by atomic mass is 16.5. The first-order valence-corrected chi connectivity index (χ1v) is 8.49. The largest absolute Gasteiger partial charge is 0.493 e. The van der Waals surface area contributed by atoms with Crippen LogP contribution in [0.4, 0.5) is 11.4 Å². The van der Waals surface area contributed by atoms with E-state index in [2.05, 4.69) is 10.6 Å². The molecule has 2 aromatic rings. The van der Waals surface area contributed by atoms with Gasteiger partial charge in [-0.15, -0.1) is 0 Å². The number of anilines is 2. The SMILES string of the molecule is CCc1cccc(NC(=O)CNc2cc(OC)c(OC)cc2C(=O)OC)c1. The van der Waals surface area contributed by atoms with Crippen molar-refractivity contribution in [2.45, 2.75) is 13.3 Å². The zero-order chi connectivity index (χ0) is 19.8. The highest BCUT2D eigenvalue weighted by Crippen LogP contribution is 2.33. The summed E-state index contributed by atoms with van der Waals surface area (Å²) in [5.41, 5.74) is 2.52. The van der Waals surface area contributed by atoms with E-state index < -0.39 is 5.97 Å². The summed E-state index contributed by atoms with van der Waals surface area (Å²) in [6.45, 7) is 2.02. The minimum Gasteiger partial charge on any atom is -0.493 e. The number of hydrogen-bond donors (Lipinski definition) is 2. The average molecular weight is 372 g/mol. The molecule has 0 aromatic heterocycles. The molecule has 144 valence electrons. The Morgan fingerprint density at radius 3 is 2.33 bits per heavy atom. The predicted octanol–water partition coefficient (Wildman–Crippen LogP) is 3.10. The van der Waals surface area contributed by atoms with Crippen molar-refractivity contribution < 1.29 is 23.8 Å². The van der Waals surface area contributed by atoms with Crippen LogP contribution >= 0.6 is 0 Å². The lowest BCUT2D eigenvalue weighted by Crippen LogP contribution is -2.23. The van der Waals surface area contributed by atoms with Crippen LogP contribution in [0.15, 0.2) is 36.4 Å². The van der Waals surface area contributed by atoms with E-state index in [1.807, 2.05) is 31.2 Å². The lowest BCUT2D eigenvalue weighted by Gasteiger charge is -2.15. The number of methoxy groups -OCH3 is 3. The zero-order valence-corrected chi connectivity index (χ0v) is 15.9. The van der Waals surface area contributed by atoms with E-state index in [9.17, 15) is 9.59 Å². The molecule has 0 saturated heterocycles.